The lowest BCUT2D eigenvalue weighted by Gasteiger charge is -2.19. The molecule has 0 unspecified atom stereocenters. The van der Waals surface area contributed by atoms with Gasteiger partial charge in [-0.25, -0.2) is 4.90 Å². The summed E-state index contributed by atoms with van der Waals surface area (Å²) in [4.78, 5) is 26.8. The number of imide groups is 1. The Labute approximate surface area is 161 Å². The molecule has 7 heteroatoms. The molecular formula is C20H18ClNO5. The SMILES string of the molecule is CCOc1ccc(C2=C(Cl)C(=O)N(c3cc(OC)ccc3OC)C2=O)cc1. The number of halogens is 1. The second-order valence-electron chi connectivity index (χ2n) is 5.63. The van der Waals surface area contributed by atoms with Crippen molar-refractivity contribution in [1.82, 2.24) is 0 Å². The van der Waals surface area contributed by atoms with Crippen molar-refractivity contribution in [3.8, 4) is 17.2 Å². The third kappa shape index (κ3) is 3.36. The summed E-state index contributed by atoms with van der Waals surface area (Å²) in [5.41, 5.74) is 0.937. The molecule has 2 amide bonds. The molecule has 0 N–H and O–H groups in total. The zero-order valence-corrected chi connectivity index (χ0v) is 15.9. The van der Waals surface area contributed by atoms with Crippen LogP contribution in [-0.2, 0) is 9.59 Å². The third-order valence-corrected chi connectivity index (χ3v) is 4.46. The van der Waals surface area contributed by atoms with Crippen LogP contribution in [0.3, 0.4) is 0 Å². The normalized spacial score (nSPS) is 14.0. The number of methoxy groups -OCH3 is 2. The molecule has 3 rings (SSSR count). The zero-order chi connectivity index (χ0) is 19.6. The van der Waals surface area contributed by atoms with E-state index >= 15 is 0 Å². The Morgan fingerprint density at radius 1 is 0.926 bits per heavy atom. The molecular weight excluding hydrogens is 370 g/mol. The van der Waals surface area contributed by atoms with Crippen LogP contribution < -0.4 is 19.1 Å². The number of carbonyl (C=O) groups excluding carboxylic acids is 2. The highest BCUT2D eigenvalue weighted by atomic mass is 35.5. The summed E-state index contributed by atoms with van der Waals surface area (Å²) in [7, 11) is 2.95. The van der Waals surface area contributed by atoms with Crippen LogP contribution in [0.2, 0.25) is 0 Å². The fourth-order valence-corrected chi connectivity index (χ4v) is 3.10. The van der Waals surface area contributed by atoms with Crippen molar-refractivity contribution in [2.75, 3.05) is 25.7 Å². The van der Waals surface area contributed by atoms with Gasteiger partial charge in [0, 0.05) is 6.07 Å². The molecule has 140 valence electrons. The van der Waals surface area contributed by atoms with Gasteiger partial charge in [0.15, 0.2) is 0 Å². The van der Waals surface area contributed by atoms with Gasteiger partial charge in [0.05, 0.1) is 32.1 Å². The minimum Gasteiger partial charge on any atom is -0.497 e. The Bertz CT molecular complexity index is 920. The van der Waals surface area contributed by atoms with Gasteiger partial charge in [-0.2, -0.15) is 0 Å². The first kappa shape index (κ1) is 18.8. The minimum absolute atomic E-state index is 0.134. The minimum atomic E-state index is -0.614. The van der Waals surface area contributed by atoms with Crippen LogP contribution in [0.15, 0.2) is 47.5 Å². The van der Waals surface area contributed by atoms with Crippen LogP contribution in [0, 0.1) is 0 Å². The molecule has 0 aromatic heterocycles. The van der Waals surface area contributed by atoms with E-state index in [1.165, 1.54) is 14.2 Å². The van der Waals surface area contributed by atoms with Gasteiger partial charge in [0.25, 0.3) is 11.8 Å². The van der Waals surface area contributed by atoms with Crippen LogP contribution in [-0.4, -0.2) is 32.6 Å². The van der Waals surface area contributed by atoms with E-state index in [0.717, 1.165) is 4.90 Å². The predicted molar refractivity (Wildman–Crippen MR) is 102 cm³/mol. The van der Waals surface area contributed by atoms with Gasteiger partial charge in [0.2, 0.25) is 0 Å². The fraction of sp³-hybridized carbons (Fsp3) is 0.200. The van der Waals surface area contributed by atoms with Gasteiger partial charge >= 0.3 is 0 Å². The van der Waals surface area contributed by atoms with Crippen molar-refractivity contribution in [3.05, 3.63) is 53.1 Å². The Hall–Kier alpha value is -2.99. The number of amides is 2. The first-order valence-corrected chi connectivity index (χ1v) is 8.63. The molecule has 0 saturated heterocycles. The molecule has 0 fully saturated rings. The Morgan fingerprint density at radius 2 is 1.59 bits per heavy atom. The number of anilines is 1. The molecule has 1 aliphatic heterocycles. The molecule has 2 aromatic carbocycles. The van der Waals surface area contributed by atoms with Crippen molar-refractivity contribution < 1.29 is 23.8 Å². The highest BCUT2D eigenvalue weighted by Gasteiger charge is 2.40. The van der Waals surface area contributed by atoms with Crippen LogP contribution >= 0.6 is 11.6 Å². The summed E-state index contributed by atoms with van der Waals surface area (Å²) >= 11 is 6.24. The first-order valence-electron chi connectivity index (χ1n) is 8.25. The molecule has 0 radical (unpaired) electrons. The van der Waals surface area contributed by atoms with Crippen molar-refractivity contribution in [1.29, 1.82) is 0 Å². The summed E-state index contributed by atoms with van der Waals surface area (Å²) in [6, 6.07) is 11.7. The number of nitrogens with zero attached hydrogens (tertiary/aromatic N) is 1. The molecule has 6 nitrogen and oxygen atoms in total. The van der Waals surface area contributed by atoms with Gasteiger partial charge in [0.1, 0.15) is 22.3 Å². The Kier molecular flexibility index (Phi) is 5.37. The molecule has 0 aliphatic carbocycles. The lowest BCUT2D eigenvalue weighted by molar-refractivity contribution is -0.119. The van der Waals surface area contributed by atoms with Gasteiger partial charge < -0.3 is 14.2 Å². The van der Waals surface area contributed by atoms with Crippen LogP contribution in [0.4, 0.5) is 5.69 Å². The predicted octanol–water partition coefficient (Wildman–Crippen LogP) is 3.63. The molecule has 2 aromatic rings. The third-order valence-electron chi connectivity index (χ3n) is 4.11. The smallest absolute Gasteiger partial charge is 0.277 e. The average molecular weight is 388 g/mol. The molecule has 0 atom stereocenters. The molecule has 0 saturated carbocycles. The number of hydrogen-bond donors (Lipinski definition) is 0. The highest BCUT2D eigenvalue weighted by Crippen LogP contribution is 2.40. The number of carbonyl (C=O) groups is 2. The van der Waals surface area contributed by atoms with E-state index in [1.54, 1.807) is 42.5 Å². The van der Waals surface area contributed by atoms with E-state index in [2.05, 4.69) is 0 Å². The second kappa shape index (κ2) is 7.72. The van der Waals surface area contributed by atoms with Gasteiger partial charge in [-0.1, -0.05) is 23.7 Å². The molecule has 27 heavy (non-hydrogen) atoms. The first-order chi connectivity index (χ1) is 13.0. The standard InChI is InChI=1S/C20H18ClNO5/c1-4-27-13-7-5-12(6-8-13)17-18(21)20(24)22(19(17)23)15-11-14(25-2)9-10-16(15)26-3/h5-11H,4H2,1-3H3. The van der Waals surface area contributed by atoms with Crippen molar-refractivity contribution in [3.63, 3.8) is 0 Å². The molecule has 1 aliphatic rings. The number of hydrogen-bond acceptors (Lipinski definition) is 5. The summed E-state index contributed by atoms with van der Waals surface area (Å²) in [6.45, 7) is 2.41. The van der Waals surface area contributed by atoms with Gasteiger partial charge in [-0.05, 0) is 36.8 Å². The second-order valence-corrected chi connectivity index (χ2v) is 6.01. The maximum absolute atomic E-state index is 13.0. The van der Waals surface area contributed by atoms with Crippen molar-refractivity contribution in [2.45, 2.75) is 6.92 Å². The van der Waals surface area contributed by atoms with E-state index < -0.39 is 11.8 Å². The van der Waals surface area contributed by atoms with E-state index in [9.17, 15) is 9.59 Å². The van der Waals surface area contributed by atoms with Crippen molar-refractivity contribution in [2.24, 2.45) is 0 Å². The van der Waals surface area contributed by atoms with Gasteiger partial charge in [-0.3, -0.25) is 9.59 Å². The quantitative estimate of drug-likeness (QED) is 0.708. The summed E-state index contributed by atoms with van der Waals surface area (Å²) in [5.74, 6) is 0.367. The van der Waals surface area contributed by atoms with Crippen LogP contribution in [0.25, 0.3) is 5.57 Å². The van der Waals surface area contributed by atoms with E-state index in [1.807, 2.05) is 6.92 Å². The Morgan fingerprint density at radius 3 is 2.19 bits per heavy atom. The number of rotatable bonds is 6. The van der Waals surface area contributed by atoms with Gasteiger partial charge in [-0.15, -0.1) is 0 Å². The summed E-state index contributed by atoms with van der Waals surface area (Å²) in [5, 5.41) is -0.144. The summed E-state index contributed by atoms with van der Waals surface area (Å²) in [6.07, 6.45) is 0. The topological polar surface area (TPSA) is 65.1 Å². The zero-order valence-electron chi connectivity index (χ0n) is 15.1. The number of ether oxygens (including phenoxy) is 3. The van der Waals surface area contributed by atoms with E-state index in [-0.39, 0.29) is 16.3 Å². The lowest BCUT2D eigenvalue weighted by atomic mass is 10.1. The van der Waals surface area contributed by atoms with Crippen molar-refractivity contribution >= 4 is 34.7 Å². The average Bonchev–Trinajstić information content (AvgIpc) is 2.91. The summed E-state index contributed by atoms with van der Waals surface area (Å²) < 4.78 is 15.9. The molecule has 1 heterocycles. The van der Waals surface area contributed by atoms with Crippen LogP contribution in [0.5, 0.6) is 17.2 Å². The maximum Gasteiger partial charge on any atom is 0.277 e. The monoisotopic (exact) mass is 387 g/mol. The van der Waals surface area contributed by atoms with Crippen LogP contribution in [0.1, 0.15) is 12.5 Å². The lowest BCUT2D eigenvalue weighted by Crippen LogP contribution is -2.31. The molecule has 0 spiro atoms. The highest BCUT2D eigenvalue weighted by molar-refractivity contribution is 6.60. The van der Waals surface area contributed by atoms with E-state index in [4.69, 9.17) is 25.8 Å². The Balaban J connectivity index is 2.02. The largest absolute Gasteiger partial charge is 0.497 e. The number of benzene rings is 2. The fourth-order valence-electron chi connectivity index (χ4n) is 2.83. The maximum atomic E-state index is 13.0. The molecule has 0 bridgehead atoms. The van der Waals surface area contributed by atoms with E-state index in [0.29, 0.717) is 29.4 Å².